The van der Waals surface area contributed by atoms with Gasteiger partial charge in [-0.1, -0.05) is 18.2 Å². The predicted molar refractivity (Wildman–Crippen MR) is 129 cm³/mol. The lowest BCUT2D eigenvalue weighted by Crippen LogP contribution is -2.43. The number of fused-ring (bicyclic) bond motifs is 1. The van der Waals surface area contributed by atoms with Gasteiger partial charge in [0.05, 0.1) is 18.1 Å². The van der Waals surface area contributed by atoms with Crippen molar-refractivity contribution in [2.45, 2.75) is 25.1 Å². The molecule has 0 bridgehead atoms. The number of aryl methyl sites for hydroxylation is 1. The highest BCUT2D eigenvalue weighted by atomic mass is 19.4. The zero-order chi connectivity index (χ0) is 25.9. The third kappa shape index (κ3) is 5.53. The molecule has 12 heteroatoms. The molecule has 4 rings (SSSR count). The topological polar surface area (TPSA) is 101 Å². The molecule has 1 amide bonds. The van der Waals surface area contributed by atoms with Gasteiger partial charge in [0.1, 0.15) is 29.9 Å². The summed E-state index contributed by atoms with van der Waals surface area (Å²) < 4.78 is 55.9. The Kier molecular flexibility index (Phi) is 7.04. The van der Waals surface area contributed by atoms with Gasteiger partial charge in [-0.05, 0) is 37.1 Å². The summed E-state index contributed by atoms with van der Waals surface area (Å²) in [5, 5.41) is 11.0. The molecule has 188 valence electrons. The summed E-state index contributed by atoms with van der Waals surface area (Å²) >= 11 is 0. The first-order valence-electron chi connectivity index (χ1n) is 11.0. The molecule has 36 heavy (non-hydrogen) atoms. The van der Waals surface area contributed by atoms with Crippen molar-refractivity contribution in [3.63, 3.8) is 0 Å². The van der Waals surface area contributed by atoms with Crippen LogP contribution in [0.1, 0.15) is 17.5 Å². The first-order valence-corrected chi connectivity index (χ1v) is 11.0. The van der Waals surface area contributed by atoms with E-state index in [1.807, 2.05) is 6.07 Å². The van der Waals surface area contributed by atoms with Crippen LogP contribution in [0.15, 0.2) is 64.8 Å². The van der Waals surface area contributed by atoms with Crippen molar-refractivity contribution in [3.8, 4) is 0 Å². The molecule has 1 aliphatic heterocycles. The van der Waals surface area contributed by atoms with Gasteiger partial charge in [-0.2, -0.15) is 23.4 Å². The number of nitrogens with two attached hydrogens (primary N) is 1. The summed E-state index contributed by atoms with van der Waals surface area (Å²) in [6, 6.07) is 11.4. The van der Waals surface area contributed by atoms with Crippen LogP contribution in [0.5, 0.6) is 0 Å². The molecule has 8 nitrogen and oxygen atoms in total. The minimum atomic E-state index is -4.68. The van der Waals surface area contributed by atoms with E-state index in [1.54, 1.807) is 42.2 Å². The minimum absolute atomic E-state index is 0.0254. The largest absolute Gasteiger partial charge is 0.406 e. The summed E-state index contributed by atoms with van der Waals surface area (Å²) in [7, 11) is 1.78. The van der Waals surface area contributed by atoms with E-state index < -0.39 is 30.5 Å². The van der Waals surface area contributed by atoms with E-state index in [2.05, 4.69) is 20.5 Å². The maximum Gasteiger partial charge on any atom is 0.406 e. The highest BCUT2D eigenvalue weighted by molar-refractivity contribution is 6.38. The molecule has 1 aliphatic rings. The van der Waals surface area contributed by atoms with E-state index in [1.165, 1.54) is 18.3 Å². The summed E-state index contributed by atoms with van der Waals surface area (Å²) in [5.41, 5.74) is 1.44. The number of alkyl halides is 3. The second-order valence-corrected chi connectivity index (χ2v) is 8.17. The Bertz CT molecular complexity index is 1320. The number of carbonyl (C=O) groups is 1. The third-order valence-electron chi connectivity index (χ3n) is 5.71. The maximum atomic E-state index is 14.4. The summed E-state index contributed by atoms with van der Waals surface area (Å²) in [4.78, 5) is 17.9. The molecule has 0 fully saturated rings. The number of aliphatic imine (C=N–C) groups is 1. The molecular formula is C24H23F4N7O. The Hall–Kier alpha value is -4.22. The number of aromatic nitrogens is 2. The number of carbonyl (C=O) groups excluding carboxylic acids is 1. The molecule has 1 unspecified atom stereocenters. The van der Waals surface area contributed by atoms with Gasteiger partial charge in [-0.25, -0.2) is 4.39 Å². The van der Waals surface area contributed by atoms with Crippen molar-refractivity contribution in [2.75, 3.05) is 16.8 Å². The van der Waals surface area contributed by atoms with Crippen molar-refractivity contribution in [3.05, 3.63) is 71.7 Å². The van der Waals surface area contributed by atoms with Gasteiger partial charge in [-0.15, -0.1) is 0 Å². The molecule has 0 saturated heterocycles. The van der Waals surface area contributed by atoms with Crippen molar-refractivity contribution in [1.29, 1.82) is 0 Å². The van der Waals surface area contributed by atoms with Crippen molar-refractivity contribution >= 4 is 35.0 Å². The van der Waals surface area contributed by atoms with Gasteiger partial charge in [0, 0.05) is 29.9 Å². The lowest BCUT2D eigenvalue weighted by molar-refractivity contribution is -0.133. The molecule has 2 heterocycles. The number of hydrogen-bond acceptors (Lipinski definition) is 6. The summed E-state index contributed by atoms with van der Waals surface area (Å²) in [6.07, 6.45) is -1.71. The molecule has 2 aromatic carbocycles. The number of nitrogens with zero attached hydrogens (tertiary/aromatic N) is 5. The molecule has 0 radical (unpaired) electrons. The summed E-state index contributed by atoms with van der Waals surface area (Å²) in [6.45, 7) is -1.55. The van der Waals surface area contributed by atoms with E-state index in [0.717, 1.165) is 11.9 Å². The normalized spacial score (nSPS) is 16.8. The first kappa shape index (κ1) is 24.9. The van der Waals surface area contributed by atoms with Gasteiger partial charge in [-0.3, -0.25) is 14.5 Å². The third-order valence-corrected chi connectivity index (χ3v) is 5.71. The Morgan fingerprint density at radius 2 is 2.03 bits per heavy atom. The quantitative estimate of drug-likeness (QED) is 0.231. The molecule has 1 atom stereocenters. The average molecular weight is 501 g/mol. The van der Waals surface area contributed by atoms with E-state index in [0.29, 0.717) is 16.2 Å². The van der Waals surface area contributed by atoms with E-state index in [9.17, 15) is 22.4 Å². The fourth-order valence-corrected chi connectivity index (χ4v) is 3.98. The molecule has 0 spiro atoms. The zero-order valence-corrected chi connectivity index (χ0v) is 19.2. The Balaban J connectivity index is 1.59. The maximum absolute atomic E-state index is 14.4. The SMILES string of the molecule is Cn1nccc1Nc1cccc(C(C=NC2CCc3c(F)cccc3N(CC(F)(F)F)C2=O)=NN)c1. The van der Waals surface area contributed by atoms with E-state index >= 15 is 0 Å². The van der Waals surface area contributed by atoms with Crippen LogP contribution < -0.4 is 16.1 Å². The monoisotopic (exact) mass is 501 g/mol. The van der Waals surface area contributed by atoms with Crippen LogP contribution in [0.3, 0.4) is 0 Å². The number of halogens is 4. The van der Waals surface area contributed by atoms with Crippen LogP contribution in [-0.4, -0.2) is 46.4 Å². The van der Waals surface area contributed by atoms with Crippen LogP contribution in [-0.2, 0) is 18.3 Å². The Morgan fingerprint density at radius 1 is 1.25 bits per heavy atom. The van der Waals surface area contributed by atoms with Crippen LogP contribution >= 0.6 is 0 Å². The smallest absolute Gasteiger partial charge is 0.340 e. The van der Waals surface area contributed by atoms with Gasteiger partial charge in [0.2, 0.25) is 0 Å². The van der Waals surface area contributed by atoms with Crippen molar-refractivity contribution < 1.29 is 22.4 Å². The predicted octanol–water partition coefficient (Wildman–Crippen LogP) is 3.95. The molecule has 3 aromatic rings. The van der Waals surface area contributed by atoms with Crippen LogP contribution in [0.25, 0.3) is 0 Å². The summed E-state index contributed by atoms with van der Waals surface area (Å²) in [5.74, 6) is 4.76. The number of anilines is 3. The lowest BCUT2D eigenvalue weighted by atomic mass is 10.1. The molecule has 3 N–H and O–H groups in total. The Labute approximate surface area is 204 Å². The number of benzene rings is 2. The average Bonchev–Trinajstić information content (AvgIpc) is 3.18. The first-order chi connectivity index (χ1) is 17.2. The van der Waals surface area contributed by atoms with Gasteiger partial charge >= 0.3 is 6.18 Å². The number of amides is 1. The second-order valence-electron chi connectivity index (χ2n) is 8.17. The van der Waals surface area contributed by atoms with E-state index in [4.69, 9.17) is 5.84 Å². The Morgan fingerprint density at radius 3 is 2.72 bits per heavy atom. The number of rotatable bonds is 6. The van der Waals surface area contributed by atoms with Crippen LogP contribution in [0.4, 0.5) is 34.8 Å². The standard InChI is InChI=1S/C24H23F4N7O/c1-34-22(10-11-31-34)32-16-5-2-4-15(12-16)20(33-29)13-30-19-9-8-17-18(25)6-3-7-21(17)35(23(19)36)14-24(26,27)28/h2-7,10-13,19,32H,8-9,14,29H2,1H3. The highest BCUT2D eigenvalue weighted by Gasteiger charge is 2.39. The molecule has 0 aliphatic carbocycles. The van der Waals surface area contributed by atoms with Gasteiger partial charge in [0.15, 0.2) is 0 Å². The fraction of sp³-hybridized carbons (Fsp3) is 0.250. The lowest BCUT2D eigenvalue weighted by Gasteiger charge is -2.25. The number of nitrogens with one attached hydrogen (secondary N) is 1. The van der Waals surface area contributed by atoms with Crippen LogP contribution in [0.2, 0.25) is 0 Å². The highest BCUT2D eigenvalue weighted by Crippen LogP contribution is 2.32. The number of hydrogen-bond donors (Lipinski definition) is 2. The van der Waals surface area contributed by atoms with Gasteiger partial charge in [0.25, 0.3) is 5.91 Å². The molecule has 1 aromatic heterocycles. The van der Waals surface area contributed by atoms with Crippen LogP contribution in [0, 0.1) is 5.82 Å². The molecular weight excluding hydrogens is 478 g/mol. The second kappa shape index (κ2) is 10.2. The number of hydrazone groups is 1. The zero-order valence-electron chi connectivity index (χ0n) is 19.2. The van der Waals surface area contributed by atoms with Gasteiger partial charge < -0.3 is 16.1 Å². The minimum Gasteiger partial charge on any atom is -0.340 e. The van der Waals surface area contributed by atoms with Crippen molar-refractivity contribution in [1.82, 2.24) is 9.78 Å². The van der Waals surface area contributed by atoms with Crippen molar-refractivity contribution in [2.24, 2.45) is 23.0 Å². The van der Waals surface area contributed by atoms with E-state index in [-0.39, 0.29) is 29.8 Å². The fourth-order valence-electron chi connectivity index (χ4n) is 3.98. The molecule has 0 saturated carbocycles.